The maximum absolute atomic E-state index is 14.2. The van der Waals surface area contributed by atoms with E-state index >= 15 is 0 Å². The molecule has 0 spiro atoms. The molecule has 0 saturated heterocycles. The van der Waals surface area contributed by atoms with E-state index < -0.39 is 6.89 Å². The van der Waals surface area contributed by atoms with Gasteiger partial charge in [0.25, 0.3) is 0 Å². The fraction of sp³-hybridized carbons (Fsp3) is 0.532. The molecule has 0 bridgehead atoms. The molecule has 0 N–H and O–H groups in total. The molecule has 0 radical (unpaired) electrons. The van der Waals surface area contributed by atoms with Gasteiger partial charge in [-0.2, -0.15) is 0 Å². The molecule has 3 aromatic carbocycles. The van der Waals surface area contributed by atoms with E-state index in [-0.39, 0.29) is 17.5 Å². The van der Waals surface area contributed by atoms with Crippen molar-refractivity contribution in [2.45, 2.75) is 123 Å². The summed E-state index contributed by atoms with van der Waals surface area (Å²) in [6, 6.07) is 31.8. The Hall–Kier alpha value is -2.83. The number of carbonyl (C=O) groups is 1. The van der Waals surface area contributed by atoms with Crippen LogP contribution in [-0.4, -0.2) is 17.9 Å². The van der Waals surface area contributed by atoms with Crippen molar-refractivity contribution in [2.75, 3.05) is 0 Å². The maximum atomic E-state index is 14.2. The van der Waals surface area contributed by atoms with Crippen LogP contribution in [0.25, 0.3) is 0 Å². The van der Waals surface area contributed by atoms with E-state index in [0.29, 0.717) is 5.41 Å². The lowest BCUT2D eigenvalue weighted by molar-refractivity contribution is -0.142. The highest BCUT2D eigenvalue weighted by molar-refractivity contribution is 7.95. The Kier molecular flexibility index (Phi) is 11.0. The Balaban J connectivity index is 1.08. The molecule has 4 aliphatic carbocycles. The van der Waals surface area contributed by atoms with Crippen LogP contribution in [0.3, 0.4) is 0 Å². The van der Waals surface area contributed by atoms with Crippen molar-refractivity contribution in [1.82, 2.24) is 0 Å². The highest BCUT2D eigenvalue weighted by atomic mass is 31.2. The van der Waals surface area contributed by atoms with Crippen LogP contribution < -0.4 is 15.9 Å². The van der Waals surface area contributed by atoms with Crippen molar-refractivity contribution in [1.29, 1.82) is 0 Å². The molecule has 7 atom stereocenters. The molecule has 0 aromatic heterocycles. The van der Waals surface area contributed by atoms with Gasteiger partial charge < -0.3 is 4.74 Å². The predicted molar refractivity (Wildman–Crippen MR) is 214 cm³/mol. The summed E-state index contributed by atoms with van der Waals surface area (Å²) in [6.45, 7) is 5.21. The first-order valence-corrected chi connectivity index (χ1v) is 22.1. The van der Waals surface area contributed by atoms with Crippen LogP contribution in [0.15, 0.2) is 103 Å². The number of fused-ring (bicyclic) bond motifs is 5. The molecule has 0 aliphatic heterocycles. The fourth-order valence-electron chi connectivity index (χ4n) is 11.5. The van der Waals surface area contributed by atoms with Crippen LogP contribution in [0, 0.1) is 34.5 Å². The minimum absolute atomic E-state index is 0.0547. The minimum Gasteiger partial charge on any atom is -0.459 e. The molecule has 0 unspecified atom stereocenters. The maximum Gasteiger partial charge on any atom is 0.332 e. The molecule has 3 aromatic rings. The zero-order valence-corrected chi connectivity index (χ0v) is 32.0. The van der Waals surface area contributed by atoms with E-state index in [1.807, 2.05) is 5.80 Å². The summed E-state index contributed by atoms with van der Waals surface area (Å²) in [4.78, 5) is 14.2. The first kappa shape index (κ1) is 35.6. The van der Waals surface area contributed by atoms with Crippen LogP contribution in [0.4, 0.5) is 0 Å². The van der Waals surface area contributed by atoms with E-state index in [4.69, 9.17) is 4.74 Å². The van der Waals surface area contributed by atoms with Crippen molar-refractivity contribution in [3.8, 4) is 0 Å². The second-order valence-electron chi connectivity index (χ2n) is 16.8. The molecule has 50 heavy (non-hydrogen) atoms. The topological polar surface area (TPSA) is 26.3 Å². The quantitative estimate of drug-likeness (QED) is 0.0819. The van der Waals surface area contributed by atoms with Gasteiger partial charge >= 0.3 is 5.97 Å². The Morgan fingerprint density at radius 1 is 0.740 bits per heavy atom. The summed E-state index contributed by atoms with van der Waals surface area (Å²) in [5.41, 5.74) is 2.38. The summed E-state index contributed by atoms with van der Waals surface area (Å²) >= 11 is 0. The Labute approximate surface area is 303 Å². The molecule has 266 valence electrons. The summed E-state index contributed by atoms with van der Waals surface area (Å²) in [5, 5.41) is 3.53. The van der Waals surface area contributed by atoms with E-state index in [0.717, 1.165) is 42.9 Å². The monoisotopic (exact) mass is 688 g/mol. The van der Waals surface area contributed by atoms with Gasteiger partial charge in [-0.15, -0.1) is 0 Å². The van der Waals surface area contributed by atoms with Crippen molar-refractivity contribution < 1.29 is 9.53 Å². The molecular weight excluding hydrogens is 627 g/mol. The Bertz CT molecular complexity index is 1560. The van der Waals surface area contributed by atoms with Crippen LogP contribution >= 0.6 is 6.89 Å². The minimum atomic E-state index is -2.39. The van der Waals surface area contributed by atoms with Crippen molar-refractivity contribution in [3.63, 3.8) is 0 Å². The third kappa shape index (κ3) is 6.76. The number of rotatable bonds is 12. The van der Waals surface area contributed by atoms with Gasteiger partial charge in [0.2, 0.25) is 0 Å². The van der Waals surface area contributed by atoms with Crippen LogP contribution in [0.5, 0.6) is 0 Å². The molecule has 2 nitrogen and oxygen atoms in total. The van der Waals surface area contributed by atoms with Gasteiger partial charge in [-0.25, -0.2) is 4.79 Å². The lowest BCUT2D eigenvalue weighted by atomic mass is 9.47. The second kappa shape index (κ2) is 15.4. The number of hydrogen-bond acceptors (Lipinski definition) is 2. The van der Waals surface area contributed by atoms with Gasteiger partial charge in [-0.05, 0) is 109 Å². The number of hydrogen-bond donors (Lipinski definition) is 0. The van der Waals surface area contributed by atoms with Gasteiger partial charge in [-0.3, -0.25) is 0 Å². The molecule has 3 saturated carbocycles. The van der Waals surface area contributed by atoms with Crippen molar-refractivity contribution >= 4 is 34.6 Å². The van der Waals surface area contributed by atoms with Crippen molar-refractivity contribution in [3.05, 3.63) is 103 Å². The first-order chi connectivity index (χ1) is 24.4. The number of ether oxygens (including phenoxy) is 1. The lowest BCUT2D eigenvalue weighted by Gasteiger charge is -2.58. The number of unbranched alkanes of at least 4 members (excludes halogenated alkanes) is 5. The van der Waals surface area contributed by atoms with E-state index in [9.17, 15) is 4.79 Å². The standard InChI is InChI=1S/C47H61O2P/c1-4-5-6-7-8-12-19-36-27-29-43-42-28-26-37-34-38(30-32-47(37,3)44(42)31-33-46(36,43)2)49-45(48)35-50(39-20-13-9-14-21-39,40-22-15-10-16-23-40)41-24-17-11-18-25-41/h9-11,13-18,20-26,35-36,38,42-44H,4-8,12,19,27-34H2,1-3H3/t36-,38+,42-,43-,44-,46+,47+/m1/s1. The molecule has 3 fully saturated rings. The molecule has 4 aliphatic rings. The smallest absolute Gasteiger partial charge is 0.332 e. The van der Waals surface area contributed by atoms with Crippen molar-refractivity contribution in [2.24, 2.45) is 34.5 Å². The second-order valence-corrected chi connectivity index (χ2v) is 20.0. The van der Waals surface area contributed by atoms with Crippen LogP contribution in [0.1, 0.15) is 117 Å². The molecule has 0 amide bonds. The third-order valence-electron chi connectivity index (χ3n) is 14.2. The SMILES string of the molecule is CCCCCCCC[C@@H]1CC[C@@H]2[C@H]3CC=C4C[C@@H](OC(=O)C=P(c5ccccc5)(c5ccccc5)c5ccccc5)CC[C@]4(C)[C@@H]3CC[C@@]12C. The zero-order chi connectivity index (χ0) is 34.6. The molecule has 0 heterocycles. The van der Waals surface area contributed by atoms with Gasteiger partial charge in [0.1, 0.15) is 6.10 Å². The number of esters is 1. The summed E-state index contributed by atoms with van der Waals surface area (Å²) < 4.78 is 6.50. The Morgan fingerprint density at radius 3 is 1.96 bits per heavy atom. The summed E-state index contributed by atoms with van der Waals surface area (Å²) in [7, 11) is 0. The largest absolute Gasteiger partial charge is 0.459 e. The first-order valence-electron chi connectivity index (χ1n) is 20.2. The summed E-state index contributed by atoms with van der Waals surface area (Å²) in [5.74, 6) is 5.23. The van der Waals surface area contributed by atoms with E-state index in [1.165, 1.54) is 93.0 Å². The van der Waals surface area contributed by atoms with E-state index in [1.54, 1.807) is 5.57 Å². The van der Waals surface area contributed by atoms with Crippen LogP contribution in [0.2, 0.25) is 0 Å². The average molecular weight is 689 g/mol. The third-order valence-corrected chi connectivity index (χ3v) is 18.2. The predicted octanol–water partition coefficient (Wildman–Crippen LogP) is 11.0. The van der Waals surface area contributed by atoms with Crippen LogP contribution in [-0.2, 0) is 9.53 Å². The van der Waals surface area contributed by atoms with Gasteiger partial charge in [0.05, 0.1) is 0 Å². The Morgan fingerprint density at radius 2 is 1.34 bits per heavy atom. The zero-order valence-electron chi connectivity index (χ0n) is 31.1. The fourth-order valence-corrected chi connectivity index (χ4v) is 15.1. The normalized spacial score (nSPS) is 30.4. The molecule has 7 rings (SSSR count). The van der Waals surface area contributed by atoms with E-state index in [2.05, 4.69) is 118 Å². The number of carbonyl (C=O) groups excluding carboxylic acids is 1. The molecular formula is C47H61O2P. The highest BCUT2D eigenvalue weighted by Crippen LogP contribution is 2.67. The number of benzene rings is 3. The average Bonchev–Trinajstić information content (AvgIpc) is 3.49. The summed E-state index contributed by atoms with van der Waals surface area (Å²) in [6.07, 6.45) is 22.4. The highest BCUT2D eigenvalue weighted by Gasteiger charge is 2.58. The van der Waals surface area contributed by atoms with Gasteiger partial charge in [0, 0.05) is 12.2 Å². The number of allylic oxidation sites excluding steroid dienone is 1. The van der Waals surface area contributed by atoms with Gasteiger partial charge in [0.15, 0.2) is 0 Å². The molecule has 3 heteroatoms. The lowest BCUT2D eigenvalue weighted by Crippen LogP contribution is -2.50. The van der Waals surface area contributed by atoms with Gasteiger partial charge in [-0.1, -0.05) is 162 Å².